The van der Waals surface area contributed by atoms with E-state index in [0.717, 1.165) is 24.2 Å². The number of nitrogens with zero attached hydrogens (tertiary/aromatic N) is 2. The van der Waals surface area contributed by atoms with E-state index >= 15 is 0 Å². The van der Waals surface area contributed by atoms with Gasteiger partial charge in [0.15, 0.2) is 11.5 Å². The Hall–Kier alpha value is -2.93. The number of anilines is 1. The topological polar surface area (TPSA) is 45.5 Å². The van der Waals surface area contributed by atoms with Gasteiger partial charge in [0.25, 0.3) is 0 Å². The third kappa shape index (κ3) is 4.33. The highest BCUT2D eigenvalue weighted by Gasteiger charge is 2.08. The van der Waals surface area contributed by atoms with Crippen LogP contribution in [0.5, 0.6) is 11.5 Å². The first-order valence-electron chi connectivity index (χ1n) is 8.36. The van der Waals surface area contributed by atoms with Gasteiger partial charge < -0.3 is 14.4 Å². The van der Waals surface area contributed by atoms with Crippen molar-refractivity contribution < 1.29 is 9.47 Å². The molecule has 0 atom stereocenters. The molecule has 2 aromatic carbocycles. The summed E-state index contributed by atoms with van der Waals surface area (Å²) in [4.78, 5) is 2.28. The maximum absolute atomic E-state index is 9.55. The number of ether oxygens (including phenoxy) is 2. The Kier molecular flexibility index (Phi) is 6.47. The number of benzene rings is 2. The fraction of sp³-hybridized carbons (Fsp3) is 0.286. The van der Waals surface area contributed by atoms with E-state index in [2.05, 4.69) is 36.9 Å². The first-order valence-corrected chi connectivity index (χ1v) is 8.36. The van der Waals surface area contributed by atoms with Crippen molar-refractivity contribution in [1.82, 2.24) is 0 Å². The molecule has 0 radical (unpaired) electrons. The summed E-state index contributed by atoms with van der Waals surface area (Å²) in [5.41, 5.74) is 3.55. The van der Waals surface area contributed by atoms with Crippen LogP contribution in [0.25, 0.3) is 11.6 Å². The molecule has 0 bridgehead atoms. The molecule has 130 valence electrons. The third-order valence-corrected chi connectivity index (χ3v) is 4.15. The molecule has 4 nitrogen and oxygen atoms in total. The van der Waals surface area contributed by atoms with Gasteiger partial charge in [0.1, 0.15) is 0 Å². The Morgan fingerprint density at radius 1 is 1.00 bits per heavy atom. The maximum Gasteiger partial charge on any atom is 0.161 e. The molecule has 0 heterocycles. The number of allylic oxidation sites excluding steroid dienone is 1. The smallest absolute Gasteiger partial charge is 0.161 e. The molecule has 0 amide bonds. The van der Waals surface area contributed by atoms with Gasteiger partial charge in [0.2, 0.25) is 0 Å². The van der Waals surface area contributed by atoms with E-state index in [0.29, 0.717) is 17.1 Å². The first kappa shape index (κ1) is 18.4. The highest BCUT2D eigenvalue weighted by atomic mass is 16.5. The minimum Gasteiger partial charge on any atom is -0.493 e. The minimum absolute atomic E-state index is 0.580. The molecule has 2 rings (SSSR count). The lowest BCUT2D eigenvalue weighted by molar-refractivity contribution is 0.355. The molecule has 0 aliphatic carbocycles. The predicted octanol–water partition coefficient (Wildman–Crippen LogP) is 4.61. The van der Waals surface area contributed by atoms with Crippen molar-refractivity contribution in [2.24, 2.45) is 0 Å². The summed E-state index contributed by atoms with van der Waals surface area (Å²) in [6.07, 6.45) is 1.88. The average Bonchev–Trinajstić information content (AvgIpc) is 2.67. The van der Waals surface area contributed by atoms with E-state index in [1.807, 2.05) is 36.4 Å². The van der Waals surface area contributed by atoms with Crippen molar-refractivity contribution in [3.8, 4) is 17.6 Å². The van der Waals surface area contributed by atoms with Gasteiger partial charge in [-0.1, -0.05) is 12.1 Å². The standard InChI is InChI=1S/C21H24N2O2/c1-5-23(6-2)19-10-7-16(8-11-19)13-18(15-22)17-9-12-20(24-3)21(14-17)25-4/h7-14H,5-6H2,1-4H3/b18-13+. The maximum atomic E-state index is 9.55. The highest BCUT2D eigenvalue weighted by molar-refractivity contribution is 5.90. The lowest BCUT2D eigenvalue weighted by Crippen LogP contribution is -2.21. The van der Waals surface area contributed by atoms with Crippen LogP contribution in [0.1, 0.15) is 25.0 Å². The van der Waals surface area contributed by atoms with E-state index in [-0.39, 0.29) is 0 Å². The Labute approximate surface area is 149 Å². The highest BCUT2D eigenvalue weighted by Crippen LogP contribution is 2.31. The van der Waals surface area contributed by atoms with Gasteiger partial charge in [0, 0.05) is 18.8 Å². The molecule has 0 fully saturated rings. The molecule has 0 saturated heterocycles. The van der Waals surface area contributed by atoms with Gasteiger partial charge in [-0.05, 0) is 61.4 Å². The molecule has 0 aliphatic rings. The van der Waals surface area contributed by atoms with Crippen LogP contribution < -0.4 is 14.4 Å². The fourth-order valence-corrected chi connectivity index (χ4v) is 2.72. The lowest BCUT2D eigenvalue weighted by atomic mass is 10.0. The van der Waals surface area contributed by atoms with E-state index in [1.54, 1.807) is 14.2 Å². The molecule has 2 aromatic rings. The Morgan fingerprint density at radius 2 is 1.64 bits per heavy atom. The zero-order valence-corrected chi connectivity index (χ0v) is 15.2. The average molecular weight is 336 g/mol. The number of nitriles is 1. The summed E-state index contributed by atoms with van der Waals surface area (Å²) < 4.78 is 10.6. The molecular weight excluding hydrogens is 312 g/mol. The summed E-state index contributed by atoms with van der Waals surface area (Å²) in [7, 11) is 3.18. The molecule has 0 aromatic heterocycles. The summed E-state index contributed by atoms with van der Waals surface area (Å²) in [5.74, 6) is 1.25. The van der Waals surface area contributed by atoms with Crippen LogP contribution in [-0.4, -0.2) is 27.3 Å². The quantitative estimate of drug-likeness (QED) is 0.547. The lowest BCUT2D eigenvalue weighted by Gasteiger charge is -2.20. The zero-order valence-electron chi connectivity index (χ0n) is 15.2. The first-order chi connectivity index (χ1) is 12.2. The monoisotopic (exact) mass is 336 g/mol. The van der Waals surface area contributed by atoms with E-state index < -0.39 is 0 Å². The number of methoxy groups -OCH3 is 2. The molecule has 0 aliphatic heterocycles. The Morgan fingerprint density at radius 3 is 2.16 bits per heavy atom. The summed E-state index contributed by atoms with van der Waals surface area (Å²) >= 11 is 0. The van der Waals surface area contributed by atoms with Crippen LogP contribution >= 0.6 is 0 Å². The Bertz CT molecular complexity index is 769. The summed E-state index contributed by atoms with van der Waals surface area (Å²) in [6.45, 7) is 6.23. The van der Waals surface area contributed by atoms with Crippen LogP contribution in [0.4, 0.5) is 5.69 Å². The van der Waals surface area contributed by atoms with Gasteiger partial charge in [-0.2, -0.15) is 5.26 Å². The van der Waals surface area contributed by atoms with Crippen molar-refractivity contribution in [2.45, 2.75) is 13.8 Å². The van der Waals surface area contributed by atoms with Crippen LogP contribution in [0.2, 0.25) is 0 Å². The largest absolute Gasteiger partial charge is 0.493 e. The molecule has 0 spiro atoms. The summed E-state index contributed by atoms with van der Waals surface area (Å²) in [5, 5.41) is 9.55. The number of hydrogen-bond donors (Lipinski definition) is 0. The molecule has 0 unspecified atom stereocenters. The van der Waals surface area contributed by atoms with Crippen molar-refractivity contribution in [1.29, 1.82) is 5.26 Å². The SMILES string of the molecule is CCN(CC)c1ccc(/C=C(\C#N)c2ccc(OC)c(OC)c2)cc1. The van der Waals surface area contributed by atoms with Gasteiger partial charge in [0.05, 0.1) is 25.9 Å². The van der Waals surface area contributed by atoms with Crippen molar-refractivity contribution in [2.75, 3.05) is 32.2 Å². The second-order valence-corrected chi connectivity index (χ2v) is 5.50. The summed E-state index contributed by atoms with van der Waals surface area (Å²) in [6, 6.07) is 16.0. The molecule has 25 heavy (non-hydrogen) atoms. The number of hydrogen-bond acceptors (Lipinski definition) is 4. The van der Waals surface area contributed by atoms with Crippen LogP contribution in [-0.2, 0) is 0 Å². The van der Waals surface area contributed by atoms with Crippen molar-refractivity contribution in [3.63, 3.8) is 0 Å². The molecular formula is C21H24N2O2. The van der Waals surface area contributed by atoms with Gasteiger partial charge in [-0.25, -0.2) is 0 Å². The third-order valence-electron chi connectivity index (χ3n) is 4.15. The predicted molar refractivity (Wildman–Crippen MR) is 103 cm³/mol. The molecule has 4 heteroatoms. The number of rotatable bonds is 7. The molecule has 0 N–H and O–H groups in total. The van der Waals surface area contributed by atoms with Gasteiger partial charge in [-0.15, -0.1) is 0 Å². The minimum atomic E-state index is 0.580. The van der Waals surface area contributed by atoms with Gasteiger partial charge in [-0.3, -0.25) is 0 Å². The van der Waals surface area contributed by atoms with E-state index in [1.165, 1.54) is 5.69 Å². The second kappa shape index (κ2) is 8.79. The molecule has 0 saturated carbocycles. The van der Waals surface area contributed by atoms with Crippen molar-refractivity contribution >= 4 is 17.3 Å². The van der Waals surface area contributed by atoms with E-state index in [9.17, 15) is 5.26 Å². The second-order valence-electron chi connectivity index (χ2n) is 5.50. The Balaban J connectivity index is 2.33. The zero-order chi connectivity index (χ0) is 18.2. The van der Waals surface area contributed by atoms with Crippen LogP contribution in [0.3, 0.4) is 0 Å². The van der Waals surface area contributed by atoms with Crippen LogP contribution in [0.15, 0.2) is 42.5 Å². The van der Waals surface area contributed by atoms with Crippen LogP contribution in [0, 0.1) is 11.3 Å². The normalized spacial score (nSPS) is 10.9. The fourth-order valence-electron chi connectivity index (χ4n) is 2.72. The van der Waals surface area contributed by atoms with Gasteiger partial charge >= 0.3 is 0 Å². The van der Waals surface area contributed by atoms with E-state index in [4.69, 9.17) is 9.47 Å². The van der Waals surface area contributed by atoms with Crippen molar-refractivity contribution in [3.05, 3.63) is 53.6 Å².